The summed E-state index contributed by atoms with van der Waals surface area (Å²) in [7, 11) is 0. The Hall–Kier alpha value is -2.14. The number of fused-ring (bicyclic) bond motifs is 1. The zero-order chi connectivity index (χ0) is 11.7. The number of hydrogen-bond acceptors (Lipinski definition) is 4. The van der Waals surface area contributed by atoms with E-state index in [1.54, 1.807) is 11.3 Å². The topological polar surface area (TPSA) is 49.9 Å². The normalized spacial score (nSPS) is 11.5. The van der Waals surface area contributed by atoms with Crippen LogP contribution in [0.15, 0.2) is 47.1 Å². The Labute approximate surface area is 101 Å². The molecule has 0 fully saturated rings. The number of oxime groups is 1. The largest absolute Gasteiger partial charge is 0.411 e. The number of nitrogens with zero attached hydrogens (tertiary/aromatic N) is 3. The number of hydrogen-bond donors (Lipinski definition) is 1. The number of benzene rings is 1. The van der Waals surface area contributed by atoms with Gasteiger partial charge in [-0.1, -0.05) is 35.5 Å². The molecule has 3 aromatic rings. The van der Waals surface area contributed by atoms with Gasteiger partial charge in [-0.2, -0.15) is 0 Å². The van der Waals surface area contributed by atoms with Gasteiger partial charge in [0.1, 0.15) is 0 Å². The van der Waals surface area contributed by atoms with Crippen LogP contribution in [0, 0.1) is 0 Å². The van der Waals surface area contributed by atoms with Gasteiger partial charge in [0.2, 0.25) is 0 Å². The maximum atomic E-state index is 8.74. The lowest BCUT2D eigenvalue weighted by Gasteiger charge is -1.97. The van der Waals surface area contributed by atoms with Gasteiger partial charge in [0, 0.05) is 17.1 Å². The van der Waals surface area contributed by atoms with Gasteiger partial charge < -0.3 is 5.21 Å². The fourth-order valence-electron chi connectivity index (χ4n) is 1.79. The van der Waals surface area contributed by atoms with Crippen LogP contribution in [0.4, 0.5) is 0 Å². The Balaban J connectivity index is 2.28. The van der Waals surface area contributed by atoms with E-state index in [1.165, 1.54) is 6.21 Å². The molecule has 0 atom stereocenters. The van der Waals surface area contributed by atoms with E-state index in [1.807, 2.05) is 46.3 Å². The predicted octanol–water partition coefficient (Wildman–Crippen LogP) is 2.87. The van der Waals surface area contributed by atoms with Gasteiger partial charge in [-0.05, 0) is 0 Å². The molecule has 2 heterocycles. The lowest BCUT2D eigenvalue weighted by Crippen LogP contribution is -1.90. The Bertz CT molecular complexity index is 669. The van der Waals surface area contributed by atoms with E-state index in [9.17, 15) is 0 Å². The van der Waals surface area contributed by atoms with Gasteiger partial charge in [0.15, 0.2) is 4.96 Å². The minimum Gasteiger partial charge on any atom is -0.411 e. The number of aromatic nitrogens is 2. The van der Waals surface area contributed by atoms with E-state index in [2.05, 4.69) is 10.1 Å². The fraction of sp³-hybridized carbons (Fsp3) is 0. The molecule has 0 unspecified atom stereocenters. The summed E-state index contributed by atoms with van der Waals surface area (Å²) in [5.74, 6) is 0. The second-order valence-corrected chi connectivity index (χ2v) is 4.38. The van der Waals surface area contributed by atoms with Crippen LogP contribution in [0.3, 0.4) is 0 Å². The minimum absolute atomic E-state index is 0.787. The van der Waals surface area contributed by atoms with Crippen molar-refractivity contribution >= 4 is 22.5 Å². The van der Waals surface area contributed by atoms with E-state index < -0.39 is 0 Å². The summed E-state index contributed by atoms with van der Waals surface area (Å²) in [6.45, 7) is 0. The summed E-state index contributed by atoms with van der Waals surface area (Å²) in [4.78, 5) is 5.43. The van der Waals surface area contributed by atoms with E-state index in [4.69, 9.17) is 5.21 Å². The molecule has 0 radical (unpaired) electrons. The molecule has 0 spiro atoms. The van der Waals surface area contributed by atoms with Crippen molar-refractivity contribution in [2.75, 3.05) is 0 Å². The third-order valence-electron chi connectivity index (χ3n) is 2.53. The highest BCUT2D eigenvalue weighted by atomic mass is 32.1. The molecule has 2 aromatic heterocycles. The van der Waals surface area contributed by atoms with Crippen molar-refractivity contribution in [1.29, 1.82) is 0 Å². The highest BCUT2D eigenvalue weighted by Crippen LogP contribution is 2.25. The molecule has 5 heteroatoms. The van der Waals surface area contributed by atoms with Gasteiger partial charge in [-0.25, -0.2) is 4.98 Å². The monoisotopic (exact) mass is 243 g/mol. The standard InChI is InChI=1S/C12H9N3OS/c16-13-8-10-11(9-4-2-1-3-5-9)14-12-15(10)6-7-17-12/h1-8,16H/b13-8-. The first-order valence-corrected chi connectivity index (χ1v) is 5.96. The summed E-state index contributed by atoms with van der Waals surface area (Å²) in [5, 5.41) is 13.8. The first-order chi connectivity index (χ1) is 8.40. The zero-order valence-corrected chi connectivity index (χ0v) is 9.63. The Morgan fingerprint density at radius 2 is 2.12 bits per heavy atom. The highest BCUT2D eigenvalue weighted by molar-refractivity contribution is 7.15. The second kappa shape index (κ2) is 4.03. The highest BCUT2D eigenvalue weighted by Gasteiger charge is 2.12. The van der Waals surface area contributed by atoms with Crippen LogP contribution in [-0.2, 0) is 0 Å². The van der Waals surface area contributed by atoms with Crippen LogP contribution in [0.25, 0.3) is 16.2 Å². The van der Waals surface area contributed by atoms with Gasteiger partial charge in [-0.15, -0.1) is 11.3 Å². The van der Waals surface area contributed by atoms with Gasteiger partial charge in [-0.3, -0.25) is 4.40 Å². The Morgan fingerprint density at radius 1 is 1.29 bits per heavy atom. The number of imidazole rings is 1. The van der Waals surface area contributed by atoms with Crippen LogP contribution in [0.5, 0.6) is 0 Å². The van der Waals surface area contributed by atoms with Gasteiger partial charge in [0.25, 0.3) is 0 Å². The predicted molar refractivity (Wildman–Crippen MR) is 67.9 cm³/mol. The Kier molecular flexibility index (Phi) is 2.38. The number of thiazole rings is 1. The SMILES string of the molecule is O/N=C\c1c(-c2ccccc2)nc2sccn12. The van der Waals surface area contributed by atoms with Crippen molar-refractivity contribution in [3.05, 3.63) is 47.6 Å². The fourth-order valence-corrected chi connectivity index (χ4v) is 2.51. The van der Waals surface area contributed by atoms with Crippen LogP contribution >= 0.6 is 11.3 Å². The minimum atomic E-state index is 0.787. The first kappa shape index (κ1) is 10.0. The van der Waals surface area contributed by atoms with Crippen molar-refractivity contribution < 1.29 is 5.21 Å². The molecule has 0 aliphatic heterocycles. The molecule has 0 saturated heterocycles. The molecule has 4 nitrogen and oxygen atoms in total. The number of rotatable bonds is 2. The van der Waals surface area contributed by atoms with Gasteiger partial charge >= 0.3 is 0 Å². The molecular weight excluding hydrogens is 234 g/mol. The van der Waals surface area contributed by atoms with E-state index >= 15 is 0 Å². The molecule has 1 N–H and O–H groups in total. The summed E-state index contributed by atoms with van der Waals surface area (Å²) >= 11 is 1.55. The average molecular weight is 243 g/mol. The first-order valence-electron chi connectivity index (χ1n) is 5.08. The zero-order valence-electron chi connectivity index (χ0n) is 8.82. The molecule has 17 heavy (non-hydrogen) atoms. The lowest BCUT2D eigenvalue weighted by molar-refractivity contribution is 0.321. The molecule has 0 aliphatic rings. The van der Waals surface area contributed by atoms with Crippen molar-refractivity contribution in [2.24, 2.45) is 5.16 Å². The van der Waals surface area contributed by atoms with Crippen molar-refractivity contribution in [3.63, 3.8) is 0 Å². The molecule has 0 aliphatic carbocycles. The second-order valence-electron chi connectivity index (χ2n) is 3.51. The summed E-state index contributed by atoms with van der Waals surface area (Å²) in [6.07, 6.45) is 3.32. The summed E-state index contributed by atoms with van der Waals surface area (Å²) in [6, 6.07) is 9.86. The maximum Gasteiger partial charge on any atom is 0.194 e. The van der Waals surface area contributed by atoms with Gasteiger partial charge in [0.05, 0.1) is 17.6 Å². The molecular formula is C12H9N3OS. The third kappa shape index (κ3) is 1.60. The van der Waals surface area contributed by atoms with Crippen LogP contribution < -0.4 is 0 Å². The lowest BCUT2D eigenvalue weighted by atomic mass is 10.1. The van der Waals surface area contributed by atoms with Crippen molar-refractivity contribution in [3.8, 4) is 11.3 Å². The third-order valence-corrected chi connectivity index (χ3v) is 3.28. The smallest absolute Gasteiger partial charge is 0.194 e. The quantitative estimate of drug-likeness (QED) is 0.427. The Morgan fingerprint density at radius 3 is 2.88 bits per heavy atom. The molecule has 0 bridgehead atoms. The van der Waals surface area contributed by atoms with Crippen LogP contribution in [0.1, 0.15) is 5.69 Å². The van der Waals surface area contributed by atoms with E-state index in [-0.39, 0.29) is 0 Å². The molecule has 84 valence electrons. The average Bonchev–Trinajstić information content (AvgIpc) is 2.93. The maximum absolute atomic E-state index is 8.74. The summed E-state index contributed by atoms with van der Waals surface area (Å²) < 4.78 is 1.91. The van der Waals surface area contributed by atoms with Crippen LogP contribution in [0.2, 0.25) is 0 Å². The molecule has 3 rings (SSSR count). The van der Waals surface area contributed by atoms with E-state index in [0.29, 0.717) is 0 Å². The molecule has 0 amide bonds. The van der Waals surface area contributed by atoms with E-state index in [0.717, 1.165) is 21.9 Å². The molecule has 1 aromatic carbocycles. The summed E-state index contributed by atoms with van der Waals surface area (Å²) in [5.41, 5.74) is 2.63. The molecule has 0 saturated carbocycles. The van der Waals surface area contributed by atoms with Crippen molar-refractivity contribution in [2.45, 2.75) is 0 Å². The van der Waals surface area contributed by atoms with Crippen molar-refractivity contribution in [1.82, 2.24) is 9.38 Å². The van der Waals surface area contributed by atoms with Crippen LogP contribution in [-0.4, -0.2) is 20.8 Å².